The zero-order valence-corrected chi connectivity index (χ0v) is 13.6. The highest BCUT2D eigenvalue weighted by molar-refractivity contribution is 6.30. The van der Waals surface area contributed by atoms with Gasteiger partial charge in [-0.05, 0) is 43.0 Å². The molecule has 2 unspecified atom stereocenters. The van der Waals surface area contributed by atoms with Crippen molar-refractivity contribution in [2.45, 2.75) is 25.9 Å². The summed E-state index contributed by atoms with van der Waals surface area (Å²) in [7, 11) is 0. The van der Waals surface area contributed by atoms with Gasteiger partial charge in [0.2, 0.25) is 0 Å². The van der Waals surface area contributed by atoms with Gasteiger partial charge in [-0.25, -0.2) is 4.79 Å². The highest BCUT2D eigenvalue weighted by atomic mass is 35.5. The zero-order valence-electron chi connectivity index (χ0n) is 12.8. The molecule has 0 aromatic heterocycles. The number of ether oxygens (including phenoxy) is 1. The number of amides is 1. The Morgan fingerprint density at radius 2 is 2.36 bits per heavy atom. The number of benzene rings is 1. The van der Waals surface area contributed by atoms with E-state index < -0.39 is 6.09 Å². The summed E-state index contributed by atoms with van der Waals surface area (Å²) < 4.78 is 5.98. The van der Waals surface area contributed by atoms with Crippen molar-refractivity contribution >= 4 is 17.7 Å². The first kappa shape index (κ1) is 17.1. The van der Waals surface area contributed by atoms with E-state index in [-0.39, 0.29) is 12.0 Å². The molecule has 0 aliphatic carbocycles. The van der Waals surface area contributed by atoms with Crippen LogP contribution in [0.3, 0.4) is 0 Å². The fourth-order valence-electron chi connectivity index (χ4n) is 3.02. The van der Waals surface area contributed by atoms with Crippen LogP contribution in [-0.2, 0) is 4.74 Å². The molecule has 6 heteroatoms. The number of piperidine rings is 1. The predicted octanol–water partition coefficient (Wildman–Crippen LogP) is 3.05. The van der Waals surface area contributed by atoms with E-state index in [0.717, 1.165) is 24.0 Å². The molecule has 22 heavy (non-hydrogen) atoms. The van der Waals surface area contributed by atoms with Gasteiger partial charge in [-0.15, -0.1) is 0 Å². The highest BCUT2D eigenvalue weighted by Gasteiger charge is 2.31. The van der Waals surface area contributed by atoms with E-state index in [1.54, 1.807) is 0 Å². The first-order valence-corrected chi connectivity index (χ1v) is 7.96. The summed E-state index contributed by atoms with van der Waals surface area (Å²) in [6.45, 7) is 3.97. The van der Waals surface area contributed by atoms with Crippen LogP contribution in [0.5, 0.6) is 0 Å². The van der Waals surface area contributed by atoms with Crippen LogP contribution in [0.25, 0.3) is 0 Å². The van der Waals surface area contributed by atoms with Crippen molar-refractivity contribution in [3.05, 3.63) is 34.3 Å². The summed E-state index contributed by atoms with van der Waals surface area (Å²) >= 11 is 6.13. The first-order valence-electron chi connectivity index (χ1n) is 7.58. The average Bonchev–Trinajstić information content (AvgIpc) is 2.51. The molecule has 0 radical (unpaired) electrons. The van der Waals surface area contributed by atoms with E-state index in [9.17, 15) is 9.90 Å². The summed E-state index contributed by atoms with van der Waals surface area (Å²) in [6.07, 6.45) is 0.735. The molecule has 1 heterocycles. The topological polar surface area (TPSA) is 75.8 Å². The van der Waals surface area contributed by atoms with E-state index in [0.29, 0.717) is 31.3 Å². The number of rotatable bonds is 5. The van der Waals surface area contributed by atoms with Crippen LogP contribution in [0.15, 0.2) is 18.2 Å². The maximum atomic E-state index is 11.2. The molecule has 2 rings (SSSR count). The molecule has 1 aliphatic heterocycles. The standard InChI is InChI=1S/C16H23ClN2O3/c1-11-4-5-13(17)9-14(11)15(22-8-6-18)12-3-2-7-19(10-12)16(20)21/h4-5,9,12,15H,2-3,6-8,10,18H2,1H3,(H,20,21). The number of hydrogen-bond donors (Lipinski definition) is 2. The second-order valence-corrected chi connectivity index (χ2v) is 6.15. The number of hydrogen-bond acceptors (Lipinski definition) is 3. The minimum absolute atomic E-state index is 0.119. The van der Waals surface area contributed by atoms with E-state index >= 15 is 0 Å². The van der Waals surface area contributed by atoms with Crippen molar-refractivity contribution in [3.63, 3.8) is 0 Å². The van der Waals surface area contributed by atoms with Crippen LogP contribution in [0, 0.1) is 12.8 Å². The first-order chi connectivity index (χ1) is 10.5. The molecule has 1 saturated heterocycles. The van der Waals surface area contributed by atoms with Crippen molar-refractivity contribution in [2.24, 2.45) is 11.7 Å². The number of aryl methyl sites for hydroxylation is 1. The second-order valence-electron chi connectivity index (χ2n) is 5.71. The molecule has 3 N–H and O–H groups in total. The Morgan fingerprint density at radius 3 is 3.05 bits per heavy atom. The van der Waals surface area contributed by atoms with E-state index in [4.69, 9.17) is 22.1 Å². The molecule has 5 nitrogen and oxygen atoms in total. The SMILES string of the molecule is Cc1ccc(Cl)cc1C(OCCN)C1CCCN(C(=O)O)C1. The normalized spacial score (nSPS) is 20.0. The summed E-state index contributed by atoms with van der Waals surface area (Å²) in [6, 6.07) is 5.73. The summed E-state index contributed by atoms with van der Waals surface area (Å²) in [5.74, 6) is 0.119. The molecule has 1 fully saturated rings. The number of carbonyl (C=O) groups is 1. The lowest BCUT2D eigenvalue weighted by Gasteiger charge is -2.36. The third-order valence-electron chi connectivity index (χ3n) is 4.12. The Bertz CT molecular complexity index is 524. The smallest absolute Gasteiger partial charge is 0.407 e. The minimum atomic E-state index is -0.870. The van der Waals surface area contributed by atoms with Crippen molar-refractivity contribution in [1.82, 2.24) is 4.90 Å². The van der Waals surface area contributed by atoms with E-state index in [1.165, 1.54) is 4.90 Å². The molecule has 1 aromatic rings. The minimum Gasteiger partial charge on any atom is -0.465 e. The lowest BCUT2D eigenvalue weighted by atomic mass is 9.87. The van der Waals surface area contributed by atoms with Crippen LogP contribution in [0.2, 0.25) is 5.02 Å². The number of likely N-dealkylation sites (tertiary alicyclic amines) is 1. The van der Waals surface area contributed by atoms with Crippen LogP contribution in [-0.4, -0.2) is 42.3 Å². The maximum Gasteiger partial charge on any atom is 0.407 e. The highest BCUT2D eigenvalue weighted by Crippen LogP contribution is 2.35. The molecule has 1 aromatic carbocycles. The predicted molar refractivity (Wildman–Crippen MR) is 86.3 cm³/mol. The molecular formula is C16H23ClN2O3. The van der Waals surface area contributed by atoms with Gasteiger partial charge < -0.3 is 20.5 Å². The summed E-state index contributed by atoms with van der Waals surface area (Å²) in [4.78, 5) is 12.7. The Balaban J connectivity index is 2.25. The molecule has 1 amide bonds. The summed E-state index contributed by atoms with van der Waals surface area (Å²) in [5, 5.41) is 9.89. The zero-order chi connectivity index (χ0) is 16.1. The Labute approximate surface area is 136 Å². The molecule has 2 atom stereocenters. The van der Waals surface area contributed by atoms with Gasteiger partial charge in [-0.2, -0.15) is 0 Å². The molecule has 0 saturated carbocycles. The van der Waals surface area contributed by atoms with Gasteiger partial charge >= 0.3 is 6.09 Å². The Morgan fingerprint density at radius 1 is 1.59 bits per heavy atom. The van der Waals surface area contributed by atoms with Crippen molar-refractivity contribution < 1.29 is 14.6 Å². The maximum absolute atomic E-state index is 11.2. The van der Waals surface area contributed by atoms with Crippen LogP contribution in [0.1, 0.15) is 30.1 Å². The molecule has 0 spiro atoms. The Hall–Kier alpha value is -1.30. The fourth-order valence-corrected chi connectivity index (χ4v) is 3.20. The van der Waals surface area contributed by atoms with Gasteiger partial charge in [0.05, 0.1) is 12.7 Å². The summed E-state index contributed by atoms with van der Waals surface area (Å²) in [5.41, 5.74) is 7.69. The second kappa shape index (κ2) is 7.81. The average molecular weight is 327 g/mol. The quantitative estimate of drug-likeness (QED) is 0.872. The van der Waals surface area contributed by atoms with E-state index in [1.807, 2.05) is 25.1 Å². The van der Waals surface area contributed by atoms with Gasteiger partial charge in [-0.1, -0.05) is 17.7 Å². The van der Waals surface area contributed by atoms with Gasteiger partial charge in [0.15, 0.2) is 0 Å². The Kier molecular flexibility index (Phi) is 6.06. The number of nitrogens with two attached hydrogens (primary N) is 1. The monoisotopic (exact) mass is 326 g/mol. The molecule has 1 aliphatic rings. The van der Waals surface area contributed by atoms with Crippen molar-refractivity contribution in [2.75, 3.05) is 26.2 Å². The largest absolute Gasteiger partial charge is 0.465 e. The van der Waals surface area contributed by atoms with Gasteiger partial charge in [0.25, 0.3) is 0 Å². The lowest BCUT2D eigenvalue weighted by molar-refractivity contribution is -0.0101. The third kappa shape index (κ3) is 4.12. The fraction of sp³-hybridized carbons (Fsp3) is 0.562. The number of carboxylic acid groups (broad SMARTS) is 1. The number of nitrogens with zero attached hydrogens (tertiary/aromatic N) is 1. The lowest BCUT2D eigenvalue weighted by Crippen LogP contribution is -2.41. The third-order valence-corrected chi connectivity index (χ3v) is 4.35. The van der Waals surface area contributed by atoms with Crippen LogP contribution >= 0.6 is 11.6 Å². The van der Waals surface area contributed by atoms with Crippen LogP contribution < -0.4 is 5.73 Å². The molecule has 122 valence electrons. The van der Waals surface area contributed by atoms with Gasteiger partial charge in [-0.3, -0.25) is 0 Å². The molecular weight excluding hydrogens is 304 g/mol. The van der Waals surface area contributed by atoms with Crippen molar-refractivity contribution in [1.29, 1.82) is 0 Å². The van der Waals surface area contributed by atoms with Gasteiger partial charge in [0.1, 0.15) is 0 Å². The van der Waals surface area contributed by atoms with Crippen LogP contribution in [0.4, 0.5) is 4.79 Å². The van der Waals surface area contributed by atoms with E-state index in [2.05, 4.69) is 0 Å². The molecule has 0 bridgehead atoms. The van der Waals surface area contributed by atoms with Gasteiger partial charge in [0, 0.05) is 30.6 Å². The van der Waals surface area contributed by atoms with Crippen molar-refractivity contribution in [3.8, 4) is 0 Å². The number of halogens is 1.